The molecular formula is C21H20F3N3O3. The molecule has 9 heteroatoms. The van der Waals surface area contributed by atoms with E-state index in [-0.39, 0.29) is 19.6 Å². The van der Waals surface area contributed by atoms with E-state index < -0.39 is 29.7 Å². The second kappa shape index (κ2) is 8.89. The first-order valence-corrected chi connectivity index (χ1v) is 9.15. The molecule has 30 heavy (non-hydrogen) atoms. The molecule has 2 aromatic carbocycles. The van der Waals surface area contributed by atoms with Crippen LogP contribution in [0.15, 0.2) is 54.7 Å². The van der Waals surface area contributed by atoms with Gasteiger partial charge in [0.05, 0.1) is 11.5 Å². The third-order valence-electron chi connectivity index (χ3n) is 4.69. The van der Waals surface area contributed by atoms with Crippen molar-refractivity contribution in [3.8, 4) is 0 Å². The fourth-order valence-electron chi connectivity index (χ4n) is 3.12. The summed E-state index contributed by atoms with van der Waals surface area (Å²) in [6.45, 7) is -0.175. The number of carbonyl (C=O) groups excluding carboxylic acids is 2. The lowest BCUT2D eigenvalue weighted by molar-refractivity contribution is -0.137. The van der Waals surface area contributed by atoms with Crippen LogP contribution in [0.2, 0.25) is 0 Å². The van der Waals surface area contributed by atoms with Crippen LogP contribution in [-0.4, -0.2) is 23.6 Å². The zero-order valence-electron chi connectivity index (χ0n) is 15.8. The average molecular weight is 419 g/mol. The summed E-state index contributed by atoms with van der Waals surface area (Å²) in [6.07, 6.45) is -3.34. The normalized spacial score (nSPS) is 12.5. The van der Waals surface area contributed by atoms with Crippen LogP contribution in [-0.2, 0) is 28.7 Å². The standard InChI is InChI=1S/C21H20F3N3O3/c22-21(23,24)16-7-5-13(6-8-16)10-27-19(28)15(12-30-20(25)29)9-14-11-26-18-4-2-1-3-17(14)18/h1-8,11,15,26H,9-10,12H2,(H2,25,29)(H,27,28)/t15-/m0/s1. The Bertz CT molecular complexity index is 1030. The summed E-state index contributed by atoms with van der Waals surface area (Å²) in [6, 6.07) is 12.1. The Kier molecular flexibility index (Phi) is 6.29. The van der Waals surface area contributed by atoms with E-state index in [9.17, 15) is 22.8 Å². The van der Waals surface area contributed by atoms with Crippen molar-refractivity contribution in [3.05, 3.63) is 71.4 Å². The number of alkyl halides is 3. The fraction of sp³-hybridized carbons (Fsp3) is 0.238. The second-order valence-corrected chi connectivity index (χ2v) is 6.80. The van der Waals surface area contributed by atoms with Gasteiger partial charge in [0.15, 0.2) is 0 Å². The molecule has 1 atom stereocenters. The zero-order valence-corrected chi connectivity index (χ0v) is 15.8. The van der Waals surface area contributed by atoms with Crippen LogP contribution in [0.3, 0.4) is 0 Å². The lowest BCUT2D eigenvalue weighted by Crippen LogP contribution is -2.35. The molecule has 0 radical (unpaired) electrons. The van der Waals surface area contributed by atoms with E-state index in [1.807, 2.05) is 24.3 Å². The van der Waals surface area contributed by atoms with Crippen LogP contribution < -0.4 is 11.1 Å². The summed E-state index contributed by atoms with van der Waals surface area (Å²) >= 11 is 0. The van der Waals surface area contributed by atoms with Crippen LogP contribution in [0.4, 0.5) is 18.0 Å². The Balaban J connectivity index is 1.68. The van der Waals surface area contributed by atoms with Gasteiger partial charge in [-0.2, -0.15) is 13.2 Å². The number of aromatic amines is 1. The van der Waals surface area contributed by atoms with E-state index in [4.69, 9.17) is 10.5 Å². The van der Waals surface area contributed by atoms with Gasteiger partial charge in [0.25, 0.3) is 0 Å². The van der Waals surface area contributed by atoms with E-state index >= 15 is 0 Å². The third-order valence-corrected chi connectivity index (χ3v) is 4.69. The number of nitrogens with one attached hydrogen (secondary N) is 2. The van der Waals surface area contributed by atoms with Crippen molar-refractivity contribution in [2.24, 2.45) is 11.7 Å². The molecule has 0 aliphatic rings. The molecule has 0 unspecified atom stereocenters. The average Bonchev–Trinajstić information content (AvgIpc) is 3.11. The molecule has 0 saturated heterocycles. The largest absolute Gasteiger partial charge is 0.449 e. The number of fused-ring (bicyclic) bond motifs is 1. The molecule has 4 N–H and O–H groups in total. The number of carbonyl (C=O) groups is 2. The molecule has 0 aliphatic heterocycles. The van der Waals surface area contributed by atoms with Gasteiger partial charge in [0.1, 0.15) is 6.61 Å². The molecule has 0 fully saturated rings. The van der Waals surface area contributed by atoms with Crippen molar-refractivity contribution in [3.63, 3.8) is 0 Å². The van der Waals surface area contributed by atoms with E-state index in [0.29, 0.717) is 5.56 Å². The number of rotatable bonds is 7. The molecule has 2 amide bonds. The Morgan fingerprint density at radius 3 is 2.47 bits per heavy atom. The first kappa shape index (κ1) is 21.2. The van der Waals surface area contributed by atoms with Crippen molar-refractivity contribution in [1.29, 1.82) is 0 Å². The summed E-state index contributed by atoms with van der Waals surface area (Å²) in [4.78, 5) is 26.8. The van der Waals surface area contributed by atoms with Gasteiger partial charge in [0.2, 0.25) is 5.91 Å². The Morgan fingerprint density at radius 1 is 1.10 bits per heavy atom. The molecule has 3 rings (SSSR count). The predicted octanol–water partition coefficient (Wildman–Crippen LogP) is 3.76. The molecule has 158 valence electrons. The third kappa shape index (κ3) is 5.31. The Hall–Kier alpha value is -3.49. The number of hydrogen-bond acceptors (Lipinski definition) is 3. The van der Waals surface area contributed by atoms with E-state index in [1.54, 1.807) is 6.20 Å². The van der Waals surface area contributed by atoms with Crippen molar-refractivity contribution in [2.75, 3.05) is 6.61 Å². The van der Waals surface area contributed by atoms with Gasteiger partial charge in [-0.1, -0.05) is 30.3 Å². The highest BCUT2D eigenvalue weighted by Gasteiger charge is 2.30. The molecule has 0 saturated carbocycles. The fourth-order valence-corrected chi connectivity index (χ4v) is 3.12. The van der Waals surface area contributed by atoms with Crippen LogP contribution in [0, 0.1) is 5.92 Å². The van der Waals surface area contributed by atoms with Gasteiger partial charge >= 0.3 is 12.3 Å². The van der Waals surface area contributed by atoms with Gasteiger partial charge in [-0.05, 0) is 35.7 Å². The summed E-state index contributed by atoms with van der Waals surface area (Å²) in [7, 11) is 0. The number of primary amides is 1. The number of nitrogens with two attached hydrogens (primary N) is 1. The summed E-state index contributed by atoms with van der Waals surface area (Å²) < 4.78 is 42.8. The van der Waals surface area contributed by atoms with Crippen LogP contribution in [0.25, 0.3) is 10.9 Å². The number of halogens is 3. The molecule has 1 aromatic heterocycles. The lowest BCUT2D eigenvalue weighted by atomic mass is 9.98. The maximum Gasteiger partial charge on any atom is 0.416 e. The van der Waals surface area contributed by atoms with Crippen molar-refractivity contribution < 1.29 is 27.5 Å². The Labute approximate surface area is 170 Å². The number of benzene rings is 2. The van der Waals surface area contributed by atoms with Crippen LogP contribution in [0.1, 0.15) is 16.7 Å². The first-order chi connectivity index (χ1) is 14.2. The predicted molar refractivity (Wildman–Crippen MR) is 104 cm³/mol. The minimum atomic E-state index is -4.42. The summed E-state index contributed by atoms with van der Waals surface area (Å²) in [5.74, 6) is -1.12. The number of para-hydroxylation sites is 1. The lowest BCUT2D eigenvalue weighted by Gasteiger charge is -2.16. The molecule has 0 spiro atoms. The summed E-state index contributed by atoms with van der Waals surface area (Å²) in [5.41, 5.74) is 6.56. The highest BCUT2D eigenvalue weighted by Crippen LogP contribution is 2.29. The van der Waals surface area contributed by atoms with E-state index in [0.717, 1.165) is 28.6 Å². The van der Waals surface area contributed by atoms with Crippen LogP contribution in [0.5, 0.6) is 0 Å². The topological polar surface area (TPSA) is 97.2 Å². The summed E-state index contributed by atoms with van der Waals surface area (Å²) in [5, 5.41) is 3.62. The van der Waals surface area contributed by atoms with Gasteiger partial charge in [0, 0.05) is 23.6 Å². The van der Waals surface area contributed by atoms with E-state index in [1.165, 1.54) is 12.1 Å². The van der Waals surface area contributed by atoms with Crippen molar-refractivity contribution in [2.45, 2.75) is 19.1 Å². The van der Waals surface area contributed by atoms with Crippen molar-refractivity contribution >= 4 is 22.9 Å². The van der Waals surface area contributed by atoms with Gasteiger partial charge in [-0.25, -0.2) is 4.79 Å². The van der Waals surface area contributed by atoms with Crippen LogP contribution >= 0.6 is 0 Å². The molecule has 0 bridgehead atoms. The zero-order chi connectivity index (χ0) is 21.7. The maximum atomic E-state index is 12.7. The maximum absolute atomic E-state index is 12.7. The van der Waals surface area contributed by atoms with Gasteiger partial charge in [-0.15, -0.1) is 0 Å². The smallest absolute Gasteiger partial charge is 0.416 e. The SMILES string of the molecule is NC(=O)OC[C@H](Cc1c[nH]c2ccccc12)C(=O)NCc1ccc(C(F)(F)F)cc1. The van der Waals surface area contributed by atoms with Gasteiger partial charge < -0.3 is 20.8 Å². The minimum absolute atomic E-state index is 0.0396. The molecule has 0 aliphatic carbocycles. The molecule has 6 nitrogen and oxygen atoms in total. The van der Waals surface area contributed by atoms with E-state index in [2.05, 4.69) is 10.3 Å². The highest BCUT2D eigenvalue weighted by molar-refractivity contribution is 5.85. The number of amides is 2. The monoisotopic (exact) mass is 419 g/mol. The van der Waals surface area contributed by atoms with Gasteiger partial charge in [-0.3, -0.25) is 4.79 Å². The number of hydrogen-bond donors (Lipinski definition) is 3. The second-order valence-electron chi connectivity index (χ2n) is 6.80. The molecule has 3 aromatic rings. The minimum Gasteiger partial charge on any atom is -0.449 e. The number of aromatic nitrogens is 1. The Morgan fingerprint density at radius 2 is 1.80 bits per heavy atom. The van der Waals surface area contributed by atoms with Crippen molar-refractivity contribution in [1.82, 2.24) is 10.3 Å². The number of ether oxygens (including phenoxy) is 1. The quantitative estimate of drug-likeness (QED) is 0.544. The molecular weight excluding hydrogens is 399 g/mol. The molecule has 1 heterocycles. The number of H-pyrrole nitrogens is 1. The highest BCUT2D eigenvalue weighted by atomic mass is 19.4. The first-order valence-electron chi connectivity index (χ1n) is 9.15.